The molecule has 1 heterocycles. The summed E-state index contributed by atoms with van der Waals surface area (Å²) in [6, 6.07) is 5.19. The highest BCUT2D eigenvalue weighted by Gasteiger charge is 2.18. The molecule has 5 nitrogen and oxygen atoms in total. The molecule has 0 aliphatic rings. The van der Waals surface area contributed by atoms with Gasteiger partial charge in [0.15, 0.2) is 0 Å². The fourth-order valence-corrected chi connectivity index (χ4v) is 2.09. The van der Waals surface area contributed by atoms with E-state index < -0.39 is 0 Å². The standard InChI is InChI=1S/C15H18ClN3O2/c1-15(2,3)19-7-6-18-13(14(19)20)21-12-5-4-10(9-17)8-11(12)16/h4-8H,9,17H2,1-3H3. The van der Waals surface area contributed by atoms with Crippen LogP contribution in [-0.2, 0) is 12.1 Å². The van der Waals surface area contributed by atoms with Crippen molar-refractivity contribution in [3.05, 3.63) is 51.5 Å². The van der Waals surface area contributed by atoms with Crippen LogP contribution in [0.2, 0.25) is 5.02 Å². The van der Waals surface area contributed by atoms with Crippen LogP contribution in [0.15, 0.2) is 35.4 Å². The number of hydrogen-bond acceptors (Lipinski definition) is 4. The maximum atomic E-state index is 12.4. The van der Waals surface area contributed by atoms with Gasteiger partial charge in [0.2, 0.25) is 0 Å². The molecule has 1 aromatic heterocycles. The summed E-state index contributed by atoms with van der Waals surface area (Å²) in [6.45, 7) is 6.18. The molecule has 112 valence electrons. The average Bonchev–Trinajstić information content (AvgIpc) is 2.41. The minimum atomic E-state index is -0.356. The van der Waals surface area contributed by atoms with Crippen molar-refractivity contribution in [1.82, 2.24) is 9.55 Å². The Balaban J connectivity index is 2.39. The molecule has 0 spiro atoms. The summed E-state index contributed by atoms with van der Waals surface area (Å²) in [6.07, 6.45) is 3.17. The number of aromatic nitrogens is 2. The third-order valence-corrected chi connectivity index (χ3v) is 3.27. The largest absolute Gasteiger partial charge is 0.433 e. The zero-order valence-corrected chi connectivity index (χ0v) is 13.0. The summed E-state index contributed by atoms with van der Waals surface area (Å²) in [5.74, 6) is 0.375. The van der Waals surface area contributed by atoms with Gasteiger partial charge in [-0.15, -0.1) is 0 Å². The van der Waals surface area contributed by atoms with Gasteiger partial charge in [0.25, 0.3) is 5.88 Å². The number of rotatable bonds is 3. The summed E-state index contributed by atoms with van der Waals surface area (Å²) >= 11 is 6.12. The summed E-state index contributed by atoms with van der Waals surface area (Å²) in [7, 11) is 0. The molecule has 6 heteroatoms. The fraction of sp³-hybridized carbons (Fsp3) is 0.333. The summed E-state index contributed by atoms with van der Waals surface area (Å²) in [5, 5.41) is 0.394. The van der Waals surface area contributed by atoms with Gasteiger partial charge in [-0.1, -0.05) is 17.7 Å². The van der Waals surface area contributed by atoms with E-state index in [-0.39, 0.29) is 17.0 Å². The molecule has 0 aliphatic heterocycles. The third kappa shape index (κ3) is 3.43. The van der Waals surface area contributed by atoms with Crippen LogP contribution in [0, 0.1) is 0 Å². The monoisotopic (exact) mass is 307 g/mol. The maximum absolute atomic E-state index is 12.4. The molecule has 0 amide bonds. The molecule has 2 aromatic rings. The van der Waals surface area contributed by atoms with E-state index in [0.717, 1.165) is 5.56 Å². The third-order valence-electron chi connectivity index (χ3n) is 2.97. The minimum Gasteiger partial charge on any atom is -0.433 e. The Morgan fingerprint density at radius 1 is 1.38 bits per heavy atom. The molecule has 21 heavy (non-hydrogen) atoms. The first-order chi connectivity index (χ1) is 9.82. The molecule has 0 atom stereocenters. The number of benzene rings is 1. The van der Waals surface area contributed by atoms with E-state index in [1.807, 2.05) is 20.8 Å². The van der Waals surface area contributed by atoms with Crippen molar-refractivity contribution in [2.45, 2.75) is 32.9 Å². The van der Waals surface area contributed by atoms with Gasteiger partial charge in [0.1, 0.15) is 5.75 Å². The Morgan fingerprint density at radius 3 is 2.67 bits per heavy atom. The molecule has 0 bridgehead atoms. The molecular weight excluding hydrogens is 290 g/mol. The van der Waals surface area contributed by atoms with Gasteiger partial charge >= 0.3 is 5.56 Å². The Hall–Kier alpha value is -1.85. The summed E-state index contributed by atoms with van der Waals surface area (Å²) in [4.78, 5) is 16.4. The van der Waals surface area contributed by atoms with Gasteiger partial charge in [0, 0.05) is 24.5 Å². The summed E-state index contributed by atoms with van der Waals surface area (Å²) < 4.78 is 7.12. The lowest BCUT2D eigenvalue weighted by atomic mass is 10.1. The number of nitrogens with zero attached hydrogens (tertiary/aromatic N) is 2. The molecule has 0 aliphatic carbocycles. The molecule has 0 saturated carbocycles. The second-order valence-corrected chi connectivity index (χ2v) is 6.06. The van der Waals surface area contributed by atoms with E-state index in [2.05, 4.69) is 4.98 Å². The second-order valence-electron chi connectivity index (χ2n) is 5.65. The SMILES string of the molecule is CC(C)(C)n1ccnc(Oc2ccc(CN)cc2Cl)c1=O. The molecule has 0 unspecified atom stereocenters. The van der Waals surface area contributed by atoms with Crippen LogP contribution < -0.4 is 16.0 Å². The van der Waals surface area contributed by atoms with Crippen molar-refractivity contribution < 1.29 is 4.74 Å². The smallest absolute Gasteiger partial charge is 0.314 e. The van der Waals surface area contributed by atoms with E-state index in [9.17, 15) is 4.79 Å². The van der Waals surface area contributed by atoms with Crippen molar-refractivity contribution in [1.29, 1.82) is 0 Å². The molecule has 0 radical (unpaired) electrons. The van der Waals surface area contributed by atoms with Gasteiger partial charge in [-0.2, -0.15) is 0 Å². The van der Waals surface area contributed by atoms with E-state index in [1.54, 1.807) is 29.0 Å². The number of hydrogen-bond donors (Lipinski definition) is 1. The van der Waals surface area contributed by atoms with Gasteiger partial charge in [-0.3, -0.25) is 4.79 Å². The van der Waals surface area contributed by atoms with E-state index in [4.69, 9.17) is 22.1 Å². The lowest BCUT2D eigenvalue weighted by Gasteiger charge is -2.22. The van der Waals surface area contributed by atoms with E-state index in [1.165, 1.54) is 6.20 Å². The predicted molar refractivity (Wildman–Crippen MR) is 82.9 cm³/mol. The van der Waals surface area contributed by atoms with Crippen molar-refractivity contribution in [2.75, 3.05) is 0 Å². The summed E-state index contributed by atoms with van der Waals surface area (Å²) in [5.41, 5.74) is 5.78. The highest BCUT2D eigenvalue weighted by molar-refractivity contribution is 6.32. The highest BCUT2D eigenvalue weighted by atomic mass is 35.5. The van der Waals surface area contributed by atoms with Crippen LogP contribution in [-0.4, -0.2) is 9.55 Å². The Morgan fingerprint density at radius 2 is 2.10 bits per heavy atom. The van der Waals surface area contributed by atoms with Crippen LogP contribution in [0.25, 0.3) is 0 Å². The Kier molecular flexibility index (Phi) is 4.34. The molecule has 0 fully saturated rings. The van der Waals surface area contributed by atoms with Crippen molar-refractivity contribution in [3.8, 4) is 11.6 Å². The Labute approximate surface area is 128 Å². The minimum absolute atomic E-state index is 0.00479. The van der Waals surface area contributed by atoms with Crippen molar-refractivity contribution >= 4 is 11.6 Å². The van der Waals surface area contributed by atoms with Gasteiger partial charge < -0.3 is 15.0 Å². The fourth-order valence-electron chi connectivity index (χ4n) is 1.85. The van der Waals surface area contributed by atoms with E-state index >= 15 is 0 Å². The van der Waals surface area contributed by atoms with Gasteiger partial charge in [-0.25, -0.2) is 4.98 Å². The average molecular weight is 308 g/mol. The molecular formula is C15H18ClN3O2. The van der Waals surface area contributed by atoms with E-state index in [0.29, 0.717) is 17.3 Å². The first-order valence-corrected chi connectivity index (χ1v) is 6.95. The lowest BCUT2D eigenvalue weighted by Crippen LogP contribution is -2.34. The predicted octanol–water partition coefficient (Wildman–Crippen LogP) is 2.90. The van der Waals surface area contributed by atoms with Gasteiger partial charge in [-0.05, 0) is 38.5 Å². The normalized spacial score (nSPS) is 11.5. The number of ether oxygens (including phenoxy) is 1. The molecule has 0 saturated heterocycles. The molecule has 2 rings (SSSR count). The molecule has 2 N–H and O–H groups in total. The number of nitrogens with two attached hydrogens (primary N) is 1. The zero-order chi connectivity index (χ0) is 15.6. The van der Waals surface area contributed by atoms with Crippen LogP contribution in [0.5, 0.6) is 11.6 Å². The van der Waals surface area contributed by atoms with Gasteiger partial charge in [0.05, 0.1) is 5.02 Å². The zero-order valence-electron chi connectivity index (χ0n) is 12.3. The lowest BCUT2D eigenvalue weighted by molar-refractivity contribution is 0.363. The van der Waals surface area contributed by atoms with Crippen molar-refractivity contribution in [2.24, 2.45) is 5.73 Å². The maximum Gasteiger partial charge on any atom is 0.314 e. The first-order valence-electron chi connectivity index (χ1n) is 6.57. The van der Waals surface area contributed by atoms with Crippen LogP contribution in [0.3, 0.4) is 0 Å². The topological polar surface area (TPSA) is 70.1 Å². The second kappa shape index (κ2) is 5.87. The number of halogens is 1. The highest BCUT2D eigenvalue weighted by Crippen LogP contribution is 2.28. The van der Waals surface area contributed by atoms with Crippen LogP contribution in [0.1, 0.15) is 26.3 Å². The van der Waals surface area contributed by atoms with Crippen LogP contribution >= 0.6 is 11.6 Å². The van der Waals surface area contributed by atoms with Crippen molar-refractivity contribution in [3.63, 3.8) is 0 Å². The quantitative estimate of drug-likeness (QED) is 0.946. The first kappa shape index (κ1) is 15.5. The Bertz CT molecular complexity index is 705. The molecule has 1 aromatic carbocycles. The van der Waals surface area contributed by atoms with Crippen LogP contribution in [0.4, 0.5) is 0 Å².